The van der Waals surface area contributed by atoms with E-state index in [9.17, 15) is 8.60 Å². The van der Waals surface area contributed by atoms with Crippen LogP contribution in [0, 0.1) is 5.82 Å². The van der Waals surface area contributed by atoms with Gasteiger partial charge in [0.1, 0.15) is 5.82 Å². The van der Waals surface area contributed by atoms with E-state index in [4.69, 9.17) is 11.6 Å². The second kappa shape index (κ2) is 7.09. The third kappa shape index (κ3) is 4.37. The van der Waals surface area contributed by atoms with Gasteiger partial charge in [0.15, 0.2) is 0 Å². The van der Waals surface area contributed by atoms with Gasteiger partial charge in [-0.1, -0.05) is 24.9 Å². The van der Waals surface area contributed by atoms with E-state index in [1.807, 2.05) is 7.05 Å². The van der Waals surface area contributed by atoms with E-state index >= 15 is 0 Å². The normalized spacial score (nSPS) is 14.6. The molecule has 0 bridgehead atoms. The third-order valence-electron chi connectivity index (χ3n) is 2.55. The summed E-state index contributed by atoms with van der Waals surface area (Å²) in [5, 5.41) is 3.15. The molecule has 0 aliphatic heterocycles. The summed E-state index contributed by atoms with van der Waals surface area (Å²) in [6.07, 6.45) is 2.00. The highest BCUT2D eigenvalue weighted by molar-refractivity contribution is 7.85. The smallest absolute Gasteiger partial charge is 0.141 e. The van der Waals surface area contributed by atoms with E-state index in [2.05, 4.69) is 12.2 Å². The second-order valence-corrected chi connectivity index (χ2v) is 5.77. The topological polar surface area (TPSA) is 29.1 Å². The quantitative estimate of drug-likeness (QED) is 0.866. The molecule has 2 nitrogen and oxygen atoms in total. The van der Waals surface area contributed by atoms with E-state index in [0.29, 0.717) is 10.6 Å². The summed E-state index contributed by atoms with van der Waals surface area (Å²) in [4.78, 5) is 0.577. The maximum Gasteiger partial charge on any atom is 0.141 e. The van der Waals surface area contributed by atoms with Crippen LogP contribution >= 0.6 is 11.6 Å². The largest absolute Gasteiger partial charge is 0.316 e. The van der Waals surface area contributed by atoms with Gasteiger partial charge in [0, 0.05) is 16.7 Å². The number of hydrogen-bond donors (Lipinski definition) is 1. The van der Waals surface area contributed by atoms with Crippen LogP contribution < -0.4 is 5.32 Å². The molecule has 0 aliphatic carbocycles. The van der Waals surface area contributed by atoms with Crippen molar-refractivity contribution in [2.24, 2.45) is 0 Å². The minimum atomic E-state index is -1.15. The van der Waals surface area contributed by atoms with Crippen molar-refractivity contribution in [3.05, 3.63) is 29.0 Å². The fraction of sp³-hybridized carbons (Fsp3) is 0.500. The van der Waals surface area contributed by atoms with E-state index < -0.39 is 16.6 Å². The molecular formula is C12H17ClFNOS. The predicted octanol–water partition coefficient (Wildman–Crippen LogP) is 2.97. The van der Waals surface area contributed by atoms with Crippen molar-refractivity contribution in [2.75, 3.05) is 12.8 Å². The average Bonchev–Trinajstić information content (AvgIpc) is 2.31. The maximum atomic E-state index is 13.0. The minimum Gasteiger partial charge on any atom is -0.316 e. The maximum absolute atomic E-state index is 13.0. The molecule has 5 heteroatoms. The average molecular weight is 278 g/mol. The van der Waals surface area contributed by atoms with Crippen molar-refractivity contribution in [2.45, 2.75) is 30.7 Å². The van der Waals surface area contributed by atoms with E-state index in [1.54, 1.807) is 0 Å². The Balaban J connectivity index is 2.72. The Hall–Kier alpha value is -0.450. The van der Waals surface area contributed by atoms with Gasteiger partial charge < -0.3 is 5.32 Å². The standard InChI is InChI=1S/C12H17ClFNOS/c1-3-4-9(15-2)8-17(16)10-5-6-12(14)11(13)7-10/h5-7,9,15H,3-4,8H2,1-2H3. The molecule has 1 aromatic carbocycles. The third-order valence-corrected chi connectivity index (χ3v) is 4.33. The van der Waals surface area contributed by atoms with Crippen LogP contribution in [0.4, 0.5) is 4.39 Å². The van der Waals surface area contributed by atoms with Crippen LogP contribution in [-0.4, -0.2) is 23.1 Å². The van der Waals surface area contributed by atoms with Crippen molar-refractivity contribution in [1.29, 1.82) is 0 Å². The molecule has 2 atom stereocenters. The van der Waals surface area contributed by atoms with Crippen molar-refractivity contribution in [1.82, 2.24) is 5.32 Å². The number of hydrogen-bond acceptors (Lipinski definition) is 2. The van der Waals surface area contributed by atoms with Gasteiger partial charge in [0.25, 0.3) is 0 Å². The molecule has 0 spiro atoms. The van der Waals surface area contributed by atoms with E-state index in [0.717, 1.165) is 12.8 Å². The zero-order chi connectivity index (χ0) is 12.8. The lowest BCUT2D eigenvalue weighted by Crippen LogP contribution is -2.30. The molecule has 0 saturated carbocycles. The van der Waals surface area contributed by atoms with Gasteiger partial charge in [-0.05, 0) is 31.7 Å². The number of rotatable bonds is 6. The molecule has 17 heavy (non-hydrogen) atoms. The Morgan fingerprint density at radius 1 is 1.53 bits per heavy atom. The molecular weight excluding hydrogens is 261 g/mol. The Kier molecular flexibility index (Phi) is 6.09. The van der Waals surface area contributed by atoms with Crippen molar-refractivity contribution in [3.8, 4) is 0 Å². The van der Waals surface area contributed by atoms with Crippen molar-refractivity contribution < 1.29 is 8.60 Å². The van der Waals surface area contributed by atoms with Gasteiger partial charge in [-0.25, -0.2) is 4.39 Å². The van der Waals surface area contributed by atoms with Crippen LogP contribution in [0.25, 0.3) is 0 Å². The van der Waals surface area contributed by atoms with Crippen LogP contribution in [0.5, 0.6) is 0 Å². The number of nitrogens with one attached hydrogen (secondary N) is 1. The predicted molar refractivity (Wildman–Crippen MR) is 70.4 cm³/mol. The van der Waals surface area contributed by atoms with E-state index in [-0.39, 0.29) is 11.1 Å². The van der Waals surface area contributed by atoms with Gasteiger partial charge in [-0.3, -0.25) is 4.21 Å². The van der Waals surface area contributed by atoms with Crippen LogP contribution in [0.1, 0.15) is 19.8 Å². The summed E-state index contributed by atoms with van der Waals surface area (Å²) in [5.74, 6) is 0.0397. The molecule has 0 heterocycles. The highest BCUT2D eigenvalue weighted by atomic mass is 35.5. The van der Waals surface area contributed by atoms with Gasteiger partial charge in [0.05, 0.1) is 15.8 Å². The minimum absolute atomic E-state index is 0.0207. The zero-order valence-corrected chi connectivity index (χ0v) is 11.6. The van der Waals surface area contributed by atoms with Crippen LogP contribution in [0.15, 0.2) is 23.1 Å². The summed E-state index contributed by atoms with van der Waals surface area (Å²) in [7, 11) is 0.709. The summed E-state index contributed by atoms with van der Waals surface area (Å²) < 4.78 is 25.0. The SMILES string of the molecule is CCCC(CS(=O)c1ccc(F)c(Cl)c1)NC. The van der Waals surface area contributed by atoms with Crippen LogP contribution in [0.3, 0.4) is 0 Å². The van der Waals surface area contributed by atoms with Gasteiger partial charge >= 0.3 is 0 Å². The van der Waals surface area contributed by atoms with E-state index in [1.165, 1.54) is 18.2 Å². The summed E-state index contributed by atoms with van der Waals surface area (Å²) >= 11 is 5.66. The van der Waals surface area contributed by atoms with Crippen LogP contribution in [0.2, 0.25) is 5.02 Å². The Labute approximate surface area is 109 Å². The summed E-state index contributed by atoms with van der Waals surface area (Å²) in [6.45, 7) is 2.09. The first-order valence-corrected chi connectivity index (χ1v) is 7.28. The van der Waals surface area contributed by atoms with Crippen molar-refractivity contribution in [3.63, 3.8) is 0 Å². The van der Waals surface area contributed by atoms with Gasteiger partial charge in [-0.2, -0.15) is 0 Å². The zero-order valence-electron chi connectivity index (χ0n) is 10.0. The Bertz CT molecular complexity index is 400. The molecule has 96 valence electrons. The first-order valence-electron chi connectivity index (χ1n) is 5.59. The van der Waals surface area contributed by atoms with Gasteiger partial charge in [-0.15, -0.1) is 0 Å². The fourth-order valence-corrected chi connectivity index (χ4v) is 3.16. The molecule has 0 amide bonds. The molecule has 0 radical (unpaired) electrons. The highest BCUT2D eigenvalue weighted by Gasteiger charge is 2.13. The first-order chi connectivity index (χ1) is 8.08. The molecule has 0 fully saturated rings. The Morgan fingerprint density at radius 2 is 2.24 bits per heavy atom. The first kappa shape index (κ1) is 14.6. The number of halogens is 2. The molecule has 1 rings (SSSR count). The molecule has 0 aromatic heterocycles. The molecule has 1 aromatic rings. The Morgan fingerprint density at radius 3 is 2.76 bits per heavy atom. The van der Waals surface area contributed by atoms with Gasteiger partial charge in [0.2, 0.25) is 0 Å². The molecule has 2 unspecified atom stereocenters. The number of benzene rings is 1. The summed E-state index contributed by atoms with van der Waals surface area (Å²) in [5.41, 5.74) is 0. The molecule has 0 saturated heterocycles. The molecule has 1 N–H and O–H groups in total. The lowest BCUT2D eigenvalue weighted by Gasteiger charge is -2.14. The molecule has 0 aliphatic rings. The lowest BCUT2D eigenvalue weighted by atomic mass is 10.2. The van der Waals surface area contributed by atoms with Crippen molar-refractivity contribution >= 4 is 22.4 Å². The second-order valence-electron chi connectivity index (χ2n) is 3.86. The monoisotopic (exact) mass is 277 g/mol. The lowest BCUT2D eigenvalue weighted by molar-refractivity contribution is 0.557. The summed E-state index contributed by atoms with van der Waals surface area (Å²) in [6, 6.07) is 4.43. The fourth-order valence-electron chi connectivity index (χ4n) is 1.56. The highest BCUT2D eigenvalue weighted by Crippen LogP contribution is 2.19. The van der Waals surface area contributed by atoms with Crippen LogP contribution in [-0.2, 0) is 10.8 Å².